The fourth-order valence-electron chi connectivity index (χ4n) is 3.16. The van der Waals surface area contributed by atoms with Crippen LogP contribution in [0.15, 0.2) is 53.3 Å². The molecule has 0 atom stereocenters. The maximum absolute atomic E-state index is 13.1. The van der Waals surface area contributed by atoms with Gasteiger partial charge in [-0.2, -0.15) is 0 Å². The summed E-state index contributed by atoms with van der Waals surface area (Å²) in [6.07, 6.45) is 5.12. The zero-order valence-corrected chi connectivity index (χ0v) is 20.6. The Bertz CT molecular complexity index is 1160. The minimum atomic E-state index is -4.10. The van der Waals surface area contributed by atoms with Crippen LogP contribution in [0.4, 0.5) is 4.79 Å². The Labute approximate surface area is 193 Å². The molecule has 3 aromatic rings. The highest BCUT2D eigenvalue weighted by atomic mass is 32.2. The highest BCUT2D eigenvalue weighted by Crippen LogP contribution is 2.36. The van der Waals surface area contributed by atoms with Gasteiger partial charge in [0, 0.05) is 29.4 Å². The molecule has 0 saturated heterocycles. The number of carbonyl (C=O) groups is 1. The Morgan fingerprint density at radius 3 is 2.47 bits per heavy atom. The molecule has 0 bridgehead atoms. The Hall–Kier alpha value is -2.65. The zero-order valence-electron chi connectivity index (χ0n) is 19.0. The second-order valence-electron chi connectivity index (χ2n) is 9.05. The fraction of sp³-hybridized carbons (Fsp3) is 0.391. The van der Waals surface area contributed by atoms with E-state index in [1.165, 1.54) is 11.3 Å². The van der Waals surface area contributed by atoms with Crippen LogP contribution in [-0.4, -0.2) is 29.7 Å². The van der Waals surface area contributed by atoms with Gasteiger partial charge in [-0.15, -0.1) is 11.3 Å². The molecule has 2 aromatic heterocycles. The summed E-state index contributed by atoms with van der Waals surface area (Å²) in [5, 5.41) is 0. The van der Waals surface area contributed by atoms with Gasteiger partial charge in [-0.25, -0.2) is 22.9 Å². The Morgan fingerprint density at radius 1 is 1.22 bits per heavy atom. The highest BCUT2D eigenvalue weighted by molar-refractivity contribution is 7.92. The van der Waals surface area contributed by atoms with Crippen LogP contribution in [-0.2, 0) is 27.7 Å². The lowest BCUT2D eigenvalue weighted by molar-refractivity contribution is 0.0570. The topological polar surface area (TPSA) is 90.3 Å². The van der Waals surface area contributed by atoms with E-state index < -0.39 is 21.7 Å². The summed E-state index contributed by atoms with van der Waals surface area (Å²) >= 11 is 1.19. The van der Waals surface area contributed by atoms with Gasteiger partial charge in [-0.05, 0) is 50.3 Å². The van der Waals surface area contributed by atoms with E-state index in [-0.39, 0.29) is 4.21 Å². The predicted molar refractivity (Wildman–Crippen MR) is 126 cm³/mol. The standard InChI is InChI=1S/C23H29N3O4S2/c1-16(2)12-19-13-20(18-8-6-17(7-9-18)14-26-11-10-24-15-26)21(31-19)32(28,29)25-22(27)30-23(3,4)5/h6-11,13,15-16H,12,14H2,1-5H3,(H,25,27). The summed E-state index contributed by atoms with van der Waals surface area (Å²) in [6.45, 7) is 9.88. The van der Waals surface area contributed by atoms with Crippen LogP contribution in [0, 0.1) is 5.92 Å². The summed E-state index contributed by atoms with van der Waals surface area (Å²) in [5.41, 5.74) is 1.62. The van der Waals surface area contributed by atoms with Gasteiger partial charge >= 0.3 is 6.09 Å². The van der Waals surface area contributed by atoms with Gasteiger partial charge in [0.15, 0.2) is 0 Å². The maximum Gasteiger partial charge on any atom is 0.421 e. The molecule has 172 valence electrons. The van der Waals surface area contributed by atoms with Gasteiger partial charge in [-0.1, -0.05) is 38.1 Å². The summed E-state index contributed by atoms with van der Waals surface area (Å²) in [5.74, 6) is 0.369. The molecule has 9 heteroatoms. The summed E-state index contributed by atoms with van der Waals surface area (Å²) in [4.78, 5) is 17.2. The average Bonchev–Trinajstić information content (AvgIpc) is 3.30. The third-order valence-electron chi connectivity index (χ3n) is 4.41. The van der Waals surface area contributed by atoms with Gasteiger partial charge in [0.2, 0.25) is 0 Å². The van der Waals surface area contributed by atoms with E-state index in [9.17, 15) is 13.2 Å². The monoisotopic (exact) mass is 475 g/mol. The SMILES string of the molecule is CC(C)Cc1cc(-c2ccc(Cn3ccnc3)cc2)c(S(=O)(=O)NC(=O)OC(C)(C)C)s1. The van der Waals surface area contributed by atoms with Gasteiger partial charge in [0.25, 0.3) is 10.0 Å². The summed E-state index contributed by atoms with van der Waals surface area (Å²) in [7, 11) is -4.10. The van der Waals surface area contributed by atoms with Crippen molar-refractivity contribution in [1.82, 2.24) is 14.3 Å². The second-order valence-corrected chi connectivity index (χ2v) is 12.1. The van der Waals surface area contributed by atoms with Crippen molar-refractivity contribution in [1.29, 1.82) is 0 Å². The predicted octanol–water partition coefficient (Wildman–Crippen LogP) is 5.07. The molecule has 0 aliphatic rings. The van der Waals surface area contributed by atoms with Crippen LogP contribution in [0.5, 0.6) is 0 Å². The number of sulfonamides is 1. The minimum absolute atomic E-state index is 0.112. The molecule has 7 nitrogen and oxygen atoms in total. The molecule has 0 aliphatic heterocycles. The quantitative estimate of drug-likeness (QED) is 0.515. The molecule has 0 unspecified atom stereocenters. The molecule has 1 aromatic carbocycles. The molecule has 1 amide bonds. The molecule has 0 spiro atoms. The summed E-state index contributed by atoms with van der Waals surface area (Å²) in [6, 6.07) is 9.64. The van der Waals surface area contributed by atoms with Crippen molar-refractivity contribution >= 4 is 27.5 Å². The van der Waals surface area contributed by atoms with E-state index in [2.05, 4.69) is 23.6 Å². The third-order valence-corrected chi connectivity index (χ3v) is 7.41. The number of rotatable bonds is 7. The fourth-order valence-corrected chi connectivity index (χ4v) is 5.99. The van der Waals surface area contributed by atoms with Gasteiger partial charge in [0.05, 0.1) is 6.33 Å². The number of hydrogen-bond acceptors (Lipinski definition) is 6. The van der Waals surface area contributed by atoms with Crippen molar-refractivity contribution < 1.29 is 17.9 Å². The first-order valence-corrected chi connectivity index (χ1v) is 12.7. The first kappa shape index (κ1) is 24.0. The number of thiophene rings is 1. The minimum Gasteiger partial charge on any atom is -0.443 e. The number of aromatic nitrogens is 2. The zero-order chi connectivity index (χ0) is 23.5. The van der Waals surface area contributed by atoms with Gasteiger partial charge in [-0.3, -0.25) is 0 Å². The molecule has 32 heavy (non-hydrogen) atoms. The molecule has 0 aliphatic carbocycles. The van der Waals surface area contributed by atoms with Crippen molar-refractivity contribution in [3.63, 3.8) is 0 Å². The van der Waals surface area contributed by atoms with Crippen LogP contribution in [0.1, 0.15) is 45.1 Å². The van der Waals surface area contributed by atoms with Crippen molar-refractivity contribution in [2.75, 3.05) is 0 Å². The van der Waals surface area contributed by atoms with Gasteiger partial charge < -0.3 is 9.30 Å². The largest absolute Gasteiger partial charge is 0.443 e. The lowest BCUT2D eigenvalue weighted by Crippen LogP contribution is -2.36. The van der Waals surface area contributed by atoms with Crippen molar-refractivity contribution in [3.05, 3.63) is 59.5 Å². The van der Waals surface area contributed by atoms with E-state index in [0.717, 1.165) is 22.4 Å². The summed E-state index contributed by atoms with van der Waals surface area (Å²) < 4.78 is 35.5. The Morgan fingerprint density at radius 2 is 1.91 bits per heavy atom. The van der Waals surface area contributed by atoms with Crippen LogP contribution >= 0.6 is 11.3 Å². The van der Waals surface area contributed by atoms with E-state index in [1.54, 1.807) is 33.3 Å². The Balaban J connectivity index is 1.92. The molecular formula is C23H29N3O4S2. The number of benzene rings is 1. The van der Waals surface area contributed by atoms with Crippen LogP contribution in [0.3, 0.4) is 0 Å². The number of carbonyl (C=O) groups excluding carboxylic acids is 1. The number of nitrogens with zero attached hydrogens (tertiary/aromatic N) is 2. The van der Waals surface area contributed by atoms with Crippen molar-refractivity contribution in [2.24, 2.45) is 5.92 Å². The van der Waals surface area contributed by atoms with E-state index in [1.807, 2.05) is 41.1 Å². The van der Waals surface area contributed by atoms with Gasteiger partial charge in [0.1, 0.15) is 9.81 Å². The molecule has 1 N–H and O–H groups in total. The number of amides is 1. The number of ether oxygens (including phenoxy) is 1. The van der Waals surface area contributed by atoms with Crippen LogP contribution in [0.2, 0.25) is 0 Å². The molecule has 0 radical (unpaired) electrons. The molecular weight excluding hydrogens is 446 g/mol. The van der Waals surface area contributed by atoms with Crippen LogP contribution in [0.25, 0.3) is 11.1 Å². The van der Waals surface area contributed by atoms with Crippen molar-refractivity contribution in [3.8, 4) is 11.1 Å². The number of hydrogen-bond donors (Lipinski definition) is 1. The molecule has 2 heterocycles. The van der Waals surface area contributed by atoms with E-state index in [0.29, 0.717) is 18.0 Å². The number of imidazole rings is 1. The third kappa shape index (κ3) is 6.43. The first-order chi connectivity index (χ1) is 14.9. The smallest absolute Gasteiger partial charge is 0.421 e. The average molecular weight is 476 g/mol. The second kappa shape index (κ2) is 9.46. The lowest BCUT2D eigenvalue weighted by Gasteiger charge is -2.19. The Kier molecular flexibility index (Phi) is 7.09. The number of nitrogens with one attached hydrogen (secondary N) is 1. The molecule has 3 rings (SSSR count). The van der Waals surface area contributed by atoms with E-state index in [4.69, 9.17) is 4.74 Å². The van der Waals surface area contributed by atoms with Crippen molar-refractivity contribution in [2.45, 2.75) is 57.4 Å². The first-order valence-electron chi connectivity index (χ1n) is 10.4. The highest BCUT2D eigenvalue weighted by Gasteiger charge is 2.28. The van der Waals surface area contributed by atoms with E-state index >= 15 is 0 Å². The molecule has 0 fully saturated rings. The molecule has 0 saturated carbocycles. The maximum atomic E-state index is 13.1. The van der Waals surface area contributed by atoms with Crippen LogP contribution < -0.4 is 4.72 Å². The normalized spacial score (nSPS) is 12.2. The lowest BCUT2D eigenvalue weighted by atomic mass is 10.0.